The molecule has 1 fully saturated rings. The first-order valence-electron chi connectivity index (χ1n) is 8.11. The van der Waals surface area contributed by atoms with Crippen LogP contribution in [0.5, 0.6) is 0 Å². The molecule has 1 aromatic carbocycles. The Balaban J connectivity index is 2.44. The molecular weight excluding hydrogens is 324 g/mol. The zero-order chi connectivity index (χ0) is 18.8. The highest BCUT2D eigenvalue weighted by Gasteiger charge is 2.52. The molecule has 0 saturated carbocycles. The second-order valence-electron chi connectivity index (χ2n) is 7.08. The van der Waals surface area contributed by atoms with Crippen molar-refractivity contribution in [3.05, 3.63) is 40.6 Å². The van der Waals surface area contributed by atoms with E-state index in [4.69, 9.17) is 9.31 Å². The number of rotatable bonds is 5. The molecule has 1 aromatic rings. The van der Waals surface area contributed by atoms with Crippen molar-refractivity contribution in [3.8, 4) is 0 Å². The van der Waals surface area contributed by atoms with Gasteiger partial charge in [-0.05, 0) is 39.2 Å². The standard InChI is InChI=1S/C18H23BFNO4/c1-12(23)21-10-14(19-24-17(2,3)18(4,5)25-19)9-15-13(11-22)7-6-8-16(15)20/h6-9,11H,10H2,1-5H3,(H,21,23). The minimum atomic E-state index is -0.754. The number of carbonyl (C=O) groups is 2. The number of hydrogen-bond donors (Lipinski definition) is 1. The van der Waals surface area contributed by atoms with Gasteiger partial charge >= 0.3 is 7.12 Å². The van der Waals surface area contributed by atoms with Crippen LogP contribution >= 0.6 is 0 Å². The van der Waals surface area contributed by atoms with Gasteiger partial charge in [-0.1, -0.05) is 18.2 Å². The summed E-state index contributed by atoms with van der Waals surface area (Å²) < 4.78 is 26.2. The van der Waals surface area contributed by atoms with Crippen LogP contribution in [0.1, 0.15) is 50.5 Å². The van der Waals surface area contributed by atoms with E-state index >= 15 is 0 Å². The molecule has 1 aliphatic heterocycles. The van der Waals surface area contributed by atoms with E-state index in [9.17, 15) is 14.0 Å². The fraction of sp³-hybridized carbons (Fsp3) is 0.444. The molecule has 0 radical (unpaired) electrons. The molecule has 25 heavy (non-hydrogen) atoms. The number of aldehydes is 1. The summed E-state index contributed by atoms with van der Waals surface area (Å²) in [5.41, 5.74) is -0.253. The van der Waals surface area contributed by atoms with Gasteiger partial charge < -0.3 is 14.6 Å². The van der Waals surface area contributed by atoms with Crippen LogP contribution < -0.4 is 5.32 Å². The molecule has 0 unspecified atom stereocenters. The van der Waals surface area contributed by atoms with Crippen molar-refractivity contribution in [2.45, 2.75) is 45.8 Å². The van der Waals surface area contributed by atoms with Gasteiger partial charge in [-0.2, -0.15) is 0 Å². The number of hydrogen-bond acceptors (Lipinski definition) is 4. The molecule has 0 atom stereocenters. The van der Waals surface area contributed by atoms with Gasteiger partial charge in [0.15, 0.2) is 6.29 Å². The lowest BCUT2D eigenvalue weighted by Crippen LogP contribution is -2.41. The molecule has 1 N–H and O–H groups in total. The van der Waals surface area contributed by atoms with Gasteiger partial charge in [0.2, 0.25) is 5.91 Å². The normalized spacial score (nSPS) is 19.0. The van der Waals surface area contributed by atoms with Gasteiger partial charge in [-0.3, -0.25) is 9.59 Å². The maximum atomic E-state index is 14.2. The van der Waals surface area contributed by atoms with E-state index in [1.54, 1.807) is 0 Å². The Morgan fingerprint density at radius 3 is 2.36 bits per heavy atom. The van der Waals surface area contributed by atoms with Crippen molar-refractivity contribution >= 4 is 25.4 Å². The van der Waals surface area contributed by atoms with E-state index in [1.165, 1.54) is 31.2 Å². The largest absolute Gasteiger partial charge is 0.492 e. The molecule has 1 amide bonds. The number of amides is 1. The van der Waals surface area contributed by atoms with Crippen LogP contribution in [0.2, 0.25) is 0 Å². The highest BCUT2D eigenvalue weighted by atomic mass is 19.1. The molecule has 2 rings (SSSR count). The molecule has 0 aromatic heterocycles. The van der Waals surface area contributed by atoms with Crippen LogP contribution in [0.4, 0.5) is 4.39 Å². The minimum Gasteiger partial charge on any atom is -0.400 e. The summed E-state index contributed by atoms with van der Waals surface area (Å²) >= 11 is 0. The van der Waals surface area contributed by atoms with E-state index in [2.05, 4.69) is 5.32 Å². The van der Waals surface area contributed by atoms with Crippen LogP contribution in [0.3, 0.4) is 0 Å². The smallest absolute Gasteiger partial charge is 0.400 e. The van der Waals surface area contributed by atoms with Crippen LogP contribution in [0.15, 0.2) is 23.7 Å². The van der Waals surface area contributed by atoms with Gasteiger partial charge in [0.05, 0.1) is 11.2 Å². The molecule has 1 aliphatic rings. The SMILES string of the molecule is CC(=O)NCC(=Cc1c(F)cccc1C=O)B1OC(C)(C)C(C)(C)O1. The first kappa shape index (κ1) is 19.3. The molecule has 134 valence electrons. The van der Waals surface area contributed by atoms with Gasteiger partial charge in [0.1, 0.15) is 5.82 Å². The predicted molar refractivity (Wildman–Crippen MR) is 94.5 cm³/mol. The average Bonchev–Trinajstić information content (AvgIpc) is 2.72. The number of benzene rings is 1. The highest BCUT2D eigenvalue weighted by Crippen LogP contribution is 2.38. The van der Waals surface area contributed by atoms with E-state index in [0.717, 1.165) is 0 Å². The first-order valence-corrected chi connectivity index (χ1v) is 8.11. The van der Waals surface area contributed by atoms with Gasteiger partial charge in [-0.25, -0.2) is 4.39 Å². The summed E-state index contributed by atoms with van der Waals surface area (Å²) in [7, 11) is -0.754. The first-order chi connectivity index (χ1) is 11.6. The molecule has 1 saturated heterocycles. The van der Waals surface area contributed by atoms with Gasteiger partial charge in [-0.15, -0.1) is 0 Å². The molecule has 1 heterocycles. The summed E-state index contributed by atoms with van der Waals surface area (Å²) in [5.74, 6) is -0.756. The molecule has 5 nitrogen and oxygen atoms in total. The lowest BCUT2D eigenvalue weighted by Gasteiger charge is -2.32. The van der Waals surface area contributed by atoms with Crippen LogP contribution in [-0.4, -0.2) is 37.1 Å². The zero-order valence-corrected chi connectivity index (χ0v) is 15.2. The topological polar surface area (TPSA) is 64.6 Å². The number of nitrogens with one attached hydrogen (secondary N) is 1. The van der Waals surface area contributed by atoms with E-state index in [-0.39, 0.29) is 23.6 Å². The lowest BCUT2D eigenvalue weighted by atomic mass is 9.76. The van der Waals surface area contributed by atoms with Gasteiger partial charge in [0, 0.05) is 24.6 Å². The van der Waals surface area contributed by atoms with Crippen molar-refractivity contribution in [2.75, 3.05) is 6.54 Å². The molecule has 0 spiro atoms. The second kappa shape index (κ2) is 7.10. The van der Waals surface area contributed by atoms with Crippen LogP contribution in [0.25, 0.3) is 6.08 Å². The van der Waals surface area contributed by atoms with Crippen LogP contribution in [0, 0.1) is 5.82 Å². The van der Waals surface area contributed by atoms with Crippen molar-refractivity contribution in [1.82, 2.24) is 5.32 Å². The average molecular weight is 347 g/mol. The van der Waals surface area contributed by atoms with Gasteiger partial charge in [0.25, 0.3) is 0 Å². The van der Waals surface area contributed by atoms with Crippen molar-refractivity contribution < 1.29 is 23.3 Å². The zero-order valence-electron chi connectivity index (χ0n) is 15.2. The summed E-state index contributed by atoms with van der Waals surface area (Å²) in [5, 5.41) is 2.68. The maximum Gasteiger partial charge on any atom is 0.492 e. The summed E-state index contributed by atoms with van der Waals surface area (Å²) in [6, 6.07) is 4.28. The van der Waals surface area contributed by atoms with E-state index < -0.39 is 24.1 Å². The van der Waals surface area contributed by atoms with Crippen LogP contribution in [-0.2, 0) is 14.1 Å². The van der Waals surface area contributed by atoms with E-state index in [0.29, 0.717) is 11.8 Å². The lowest BCUT2D eigenvalue weighted by molar-refractivity contribution is -0.118. The van der Waals surface area contributed by atoms with Crippen molar-refractivity contribution in [2.24, 2.45) is 0 Å². The molecular formula is C18H23BFNO4. The van der Waals surface area contributed by atoms with E-state index in [1.807, 2.05) is 27.7 Å². The Morgan fingerprint density at radius 1 is 1.24 bits per heavy atom. The van der Waals surface area contributed by atoms with Crippen molar-refractivity contribution in [1.29, 1.82) is 0 Å². The fourth-order valence-corrected chi connectivity index (χ4v) is 2.42. The quantitative estimate of drug-likeness (QED) is 0.657. The third kappa shape index (κ3) is 4.17. The predicted octanol–water partition coefficient (Wildman–Crippen LogP) is 2.79. The molecule has 0 bridgehead atoms. The summed E-state index contributed by atoms with van der Waals surface area (Å²) in [6.07, 6.45) is 2.10. The number of halogens is 1. The Hall–Kier alpha value is -1.99. The monoisotopic (exact) mass is 347 g/mol. The third-order valence-electron chi connectivity index (χ3n) is 4.64. The Morgan fingerprint density at radius 2 is 1.84 bits per heavy atom. The Kier molecular flexibility index (Phi) is 5.49. The second-order valence-corrected chi connectivity index (χ2v) is 7.08. The Labute approximate surface area is 147 Å². The molecule has 0 aliphatic carbocycles. The summed E-state index contributed by atoms with van der Waals surface area (Å²) in [6.45, 7) is 9.14. The Bertz CT molecular complexity index is 699. The third-order valence-corrected chi connectivity index (χ3v) is 4.64. The highest BCUT2D eigenvalue weighted by molar-refractivity contribution is 6.56. The fourth-order valence-electron chi connectivity index (χ4n) is 2.42. The maximum absolute atomic E-state index is 14.2. The number of carbonyl (C=O) groups excluding carboxylic acids is 2. The molecule has 7 heteroatoms. The summed E-state index contributed by atoms with van der Waals surface area (Å²) in [4.78, 5) is 22.5. The van der Waals surface area contributed by atoms with Crippen molar-refractivity contribution in [3.63, 3.8) is 0 Å². The minimum absolute atomic E-state index is 0.124.